The Labute approximate surface area is 188 Å². The van der Waals surface area contributed by atoms with Crippen LogP contribution in [0.4, 0.5) is 0 Å². The van der Waals surface area contributed by atoms with Crippen LogP contribution in [0.25, 0.3) is 0 Å². The molecule has 166 valence electrons. The van der Waals surface area contributed by atoms with E-state index in [1.54, 1.807) is 6.07 Å². The Hall–Kier alpha value is -2.60. The van der Waals surface area contributed by atoms with E-state index in [1.165, 1.54) is 17.7 Å². The van der Waals surface area contributed by atoms with Crippen LogP contribution in [0.5, 0.6) is 5.88 Å². The van der Waals surface area contributed by atoms with E-state index >= 15 is 0 Å². The highest BCUT2D eigenvalue weighted by Gasteiger charge is 2.40. The van der Waals surface area contributed by atoms with Gasteiger partial charge in [-0.05, 0) is 47.4 Å². The lowest BCUT2D eigenvalue weighted by atomic mass is 9.70. The van der Waals surface area contributed by atoms with Crippen molar-refractivity contribution in [1.82, 2.24) is 15.2 Å². The molecule has 0 radical (unpaired) electrons. The van der Waals surface area contributed by atoms with E-state index in [0.29, 0.717) is 24.0 Å². The van der Waals surface area contributed by atoms with Crippen LogP contribution in [0.3, 0.4) is 0 Å². The van der Waals surface area contributed by atoms with E-state index in [4.69, 9.17) is 11.6 Å². The van der Waals surface area contributed by atoms with Crippen molar-refractivity contribution >= 4 is 23.4 Å². The molecule has 1 aromatic carbocycles. The van der Waals surface area contributed by atoms with Gasteiger partial charge in [0.05, 0.1) is 0 Å². The molecule has 0 saturated carbocycles. The number of piperidine rings is 1. The zero-order chi connectivity index (χ0) is 22.8. The maximum Gasteiger partial charge on any atom is 0.270 e. The minimum absolute atomic E-state index is 0.0835. The summed E-state index contributed by atoms with van der Waals surface area (Å²) in [5.74, 6) is -0.571. The molecule has 2 heterocycles. The van der Waals surface area contributed by atoms with Gasteiger partial charge in [0, 0.05) is 24.2 Å². The molecule has 0 aliphatic carbocycles. The zero-order valence-electron chi connectivity index (χ0n) is 18.4. The van der Waals surface area contributed by atoms with Gasteiger partial charge in [0.15, 0.2) is 0 Å². The fourth-order valence-electron chi connectivity index (χ4n) is 4.33. The first kappa shape index (κ1) is 23.1. The predicted molar refractivity (Wildman–Crippen MR) is 121 cm³/mol. The van der Waals surface area contributed by atoms with Crippen molar-refractivity contribution in [3.05, 3.63) is 58.7 Å². The number of hydrogen-bond donors (Lipinski definition) is 2. The second-order valence-electron chi connectivity index (χ2n) is 9.22. The van der Waals surface area contributed by atoms with Gasteiger partial charge in [0.25, 0.3) is 5.91 Å². The lowest BCUT2D eigenvalue weighted by Gasteiger charge is -2.45. The second kappa shape index (κ2) is 9.27. The zero-order valence-corrected chi connectivity index (χ0v) is 19.2. The molecular weight excluding hydrogens is 414 g/mol. The summed E-state index contributed by atoms with van der Waals surface area (Å²) in [7, 11) is 0. The van der Waals surface area contributed by atoms with Gasteiger partial charge in [0.1, 0.15) is 11.7 Å². The number of nitrogens with zero attached hydrogens (tertiary/aromatic N) is 2. The van der Waals surface area contributed by atoms with Crippen LogP contribution in [0, 0.1) is 11.3 Å². The van der Waals surface area contributed by atoms with E-state index in [9.17, 15) is 14.7 Å². The molecule has 1 aliphatic rings. The Kier molecular flexibility index (Phi) is 6.90. The predicted octanol–water partition coefficient (Wildman–Crippen LogP) is 4.24. The van der Waals surface area contributed by atoms with Crippen LogP contribution in [0.15, 0.2) is 42.5 Å². The van der Waals surface area contributed by atoms with Gasteiger partial charge in [-0.15, -0.1) is 0 Å². The fraction of sp³-hybridized carbons (Fsp3) is 0.458. The molecule has 0 spiro atoms. The van der Waals surface area contributed by atoms with Gasteiger partial charge in [-0.3, -0.25) is 9.59 Å². The van der Waals surface area contributed by atoms with Crippen molar-refractivity contribution in [3.63, 3.8) is 0 Å². The van der Waals surface area contributed by atoms with Crippen molar-refractivity contribution in [1.29, 1.82) is 0 Å². The molecule has 2 aromatic rings. The highest BCUT2D eigenvalue weighted by atomic mass is 35.5. The number of aromatic hydroxyl groups is 1. The molecule has 1 aromatic heterocycles. The van der Waals surface area contributed by atoms with Gasteiger partial charge >= 0.3 is 0 Å². The first-order chi connectivity index (χ1) is 14.6. The van der Waals surface area contributed by atoms with Crippen molar-refractivity contribution in [2.45, 2.75) is 46.1 Å². The average molecular weight is 444 g/mol. The number of carbonyl (C=O) groups is 2. The lowest BCUT2D eigenvalue weighted by Crippen LogP contribution is -2.56. The quantitative estimate of drug-likeness (QED) is 0.724. The summed E-state index contributed by atoms with van der Waals surface area (Å²) >= 11 is 6.04. The molecule has 3 rings (SSSR count). The smallest absolute Gasteiger partial charge is 0.270 e. The van der Waals surface area contributed by atoms with Crippen LogP contribution >= 0.6 is 11.6 Å². The molecular formula is C24H30ClN3O3. The van der Waals surface area contributed by atoms with Crippen LogP contribution in [0.2, 0.25) is 5.02 Å². The molecule has 1 saturated heterocycles. The number of benzene rings is 1. The molecule has 2 amide bonds. The van der Waals surface area contributed by atoms with Crippen LogP contribution in [-0.4, -0.2) is 45.9 Å². The summed E-state index contributed by atoms with van der Waals surface area (Å²) in [4.78, 5) is 31.7. The highest BCUT2D eigenvalue weighted by molar-refractivity contribution is 6.30. The Bertz CT molecular complexity index is 943. The summed E-state index contributed by atoms with van der Waals surface area (Å²) < 4.78 is 0. The summed E-state index contributed by atoms with van der Waals surface area (Å²) in [6, 6.07) is 11.7. The van der Waals surface area contributed by atoms with Crippen molar-refractivity contribution in [2.75, 3.05) is 13.1 Å². The monoisotopic (exact) mass is 443 g/mol. The van der Waals surface area contributed by atoms with Crippen LogP contribution in [-0.2, 0) is 4.79 Å². The number of pyridine rings is 1. The fourth-order valence-corrected chi connectivity index (χ4v) is 4.46. The maximum atomic E-state index is 13.4. The van der Waals surface area contributed by atoms with Gasteiger partial charge in [-0.25, -0.2) is 4.98 Å². The Morgan fingerprint density at radius 2 is 1.87 bits per heavy atom. The van der Waals surface area contributed by atoms with Crippen molar-refractivity contribution in [3.8, 4) is 5.88 Å². The highest BCUT2D eigenvalue weighted by Crippen LogP contribution is 2.42. The largest absolute Gasteiger partial charge is 0.493 e. The van der Waals surface area contributed by atoms with E-state index < -0.39 is 11.9 Å². The Morgan fingerprint density at radius 3 is 2.45 bits per heavy atom. The summed E-state index contributed by atoms with van der Waals surface area (Å²) in [6.07, 6.45) is 0.841. The molecule has 0 bridgehead atoms. The third-order valence-electron chi connectivity index (χ3n) is 6.00. The van der Waals surface area contributed by atoms with Gasteiger partial charge in [0.2, 0.25) is 11.8 Å². The van der Waals surface area contributed by atoms with Gasteiger partial charge in [-0.2, -0.15) is 0 Å². The number of amides is 2. The van der Waals surface area contributed by atoms with Crippen molar-refractivity contribution < 1.29 is 14.7 Å². The molecule has 7 heteroatoms. The normalized spacial score (nSPS) is 19.2. The van der Waals surface area contributed by atoms with E-state index in [0.717, 1.165) is 6.42 Å². The number of aromatic nitrogens is 1. The summed E-state index contributed by atoms with van der Waals surface area (Å²) in [5, 5.41) is 13.1. The van der Waals surface area contributed by atoms with Crippen LogP contribution in [0.1, 0.15) is 56.1 Å². The summed E-state index contributed by atoms with van der Waals surface area (Å²) in [6.45, 7) is 9.38. The second-order valence-corrected chi connectivity index (χ2v) is 9.65. The molecule has 31 heavy (non-hydrogen) atoms. The van der Waals surface area contributed by atoms with E-state index in [2.05, 4.69) is 36.3 Å². The number of hydrogen-bond acceptors (Lipinski definition) is 4. The minimum Gasteiger partial charge on any atom is -0.493 e. The number of rotatable bonds is 5. The topological polar surface area (TPSA) is 82.5 Å². The van der Waals surface area contributed by atoms with Crippen molar-refractivity contribution in [2.24, 2.45) is 11.3 Å². The van der Waals surface area contributed by atoms with Gasteiger partial charge < -0.3 is 15.3 Å². The van der Waals surface area contributed by atoms with E-state index in [-0.39, 0.29) is 28.8 Å². The molecule has 1 unspecified atom stereocenters. The maximum absolute atomic E-state index is 13.4. The van der Waals surface area contributed by atoms with Gasteiger partial charge in [-0.1, -0.05) is 57.5 Å². The standard InChI is InChI=1S/C24H30ClN3O3/c1-15(2)21(27-22(30)19-6-5-7-20(29)26-19)23(31)28-13-12-18(24(3,4)14-28)16-8-10-17(25)11-9-16/h5-11,15,18,21H,12-14H2,1-4H3,(H,26,29)(H,27,30)/t18?,21-/m1/s1. The van der Waals surface area contributed by atoms with E-state index in [1.807, 2.05) is 30.9 Å². The SMILES string of the molecule is CC(C)[C@@H](NC(=O)c1cccc(O)n1)C(=O)N1CCC(c2ccc(Cl)cc2)C(C)(C)C1. The number of likely N-dealkylation sites (tertiary alicyclic amines) is 1. The number of carbonyl (C=O) groups excluding carboxylic acids is 2. The number of nitrogens with one attached hydrogen (secondary N) is 1. The third kappa shape index (κ3) is 5.37. The molecule has 6 nitrogen and oxygen atoms in total. The molecule has 2 N–H and O–H groups in total. The Morgan fingerprint density at radius 1 is 1.19 bits per heavy atom. The lowest BCUT2D eigenvalue weighted by molar-refractivity contribution is -0.137. The first-order valence-corrected chi connectivity index (χ1v) is 11.0. The Balaban J connectivity index is 1.72. The molecule has 1 fully saturated rings. The average Bonchev–Trinajstić information content (AvgIpc) is 2.71. The molecule has 1 aliphatic heterocycles. The summed E-state index contributed by atoms with van der Waals surface area (Å²) in [5.41, 5.74) is 1.19. The third-order valence-corrected chi connectivity index (χ3v) is 6.25. The molecule has 2 atom stereocenters. The number of halogens is 1. The minimum atomic E-state index is -0.667. The van der Waals surface area contributed by atoms with Crippen LogP contribution < -0.4 is 5.32 Å². The first-order valence-electron chi connectivity index (χ1n) is 10.6.